The summed E-state index contributed by atoms with van der Waals surface area (Å²) in [7, 11) is 0. The molecule has 8 saturated heterocycles. The number of halogens is 1. The molecule has 8 heterocycles. The Hall–Kier alpha value is -5.67. The number of carboxylic acids is 1. The van der Waals surface area contributed by atoms with Crippen molar-refractivity contribution in [2.75, 3.05) is 98.4 Å². The molecular formula is C59H89ClLiN8O18Pd-. The smallest absolute Gasteiger partial charge is 0.870 e. The van der Waals surface area contributed by atoms with Crippen molar-refractivity contribution in [1.82, 2.24) is 39.6 Å². The number of nitrogens with one attached hydrogen (secondary N) is 1. The fraction of sp³-hybridized carbons (Fsp3) is 0.678. The van der Waals surface area contributed by atoms with E-state index in [2.05, 4.69) is 5.32 Å². The van der Waals surface area contributed by atoms with Gasteiger partial charge in [-0.2, -0.15) is 0 Å². The zero-order chi connectivity index (χ0) is 62.3. The number of nitrogens with zero attached hydrogens (tertiary/aromatic N) is 7. The maximum absolute atomic E-state index is 12.6. The molecule has 88 heavy (non-hydrogen) atoms. The molecule has 0 aliphatic carbocycles. The summed E-state index contributed by atoms with van der Waals surface area (Å²) in [5.74, 6) is -2.91. The van der Waals surface area contributed by atoms with Crippen LogP contribution >= 0.6 is 11.6 Å². The summed E-state index contributed by atoms with van der Waals surface area (Å²) in [4.78, 5) is 151. The predicted octanol–water partition coefficient (Wildman–Crippen LogP) is 0.0991. The van der Waals surface area contributed by atoms with Crippen LogP contribution in [0.25, 0.3) is 0 Å². The van der Waals surface area contributed by atoms with Gasteiger partial charge in [-0.05, 0) is 95.8 Å². The second-order valence-corrected chi connectivity index (χ2v) is 23.3. The number of likely N-dealkylation sites (tertiary alicyclic amines) is 7. The van der Waals surface area contributed by atoms with Crippen molar-refractivity contribution in [3.8, 4) is 0 Å². The largest absolute Gasteiger partial charge is 1.00 e. The van der Waals surface area contributed by atoms with E-state index in [-0.39, 0.29) is 162 Å². The van der Waals surface area contributed by atoms with Crippen molar-refractivity contribution in [2.24, 2.45) is 17.8 Å². The van der Waals surface area contributed by atoms with Crippen LogP contribution in [0.2, 0.25) is 0 Å². The quantitative estimate of drug-likeness (QED) is 0.0554. The van der Waals surface area contributed by atoms with Gasteiger partial charge in [0.25, 0.3) is 17.7 Å². The minimum absolute atomic E-state index is 0. The molecule has 4 atom stereocenters. The summed E-state index contributed by atoms with van der Waals surface area (Å²) in [5.41, 5.74) is -1.72. The molecule has 0 saturated carbocycles. The monoisotopic (exact) mass is 1350 g/mol. The van der Waals surface area contributed by atoms with Crippen LogP contribution in [0.15, 0.2) is 30.3 Å². The van der Waals surface area contributed by atoms with Gasteiger partial charge in [-0.3, -0.25) is 57.6 Å². The van der Waals surface area contributed by atoms with E-state index in [1.807, 2.05) is 58.0 Å². The van der Waals surface area contributed by atoms with Crippen molar-refractivity contribution in [3.63, 3.8) is 0 Å². The third kappa shape index (κ3) is 18.7. The van der Waals surface area contributed by atoms with E-state index in [9.17, 15) is 57.5 Å². The normalized spacial score (nSPS) is 23.2. The number of rotatable bonds is 16. The second-order valence-electron chi connectivity index (χ2n) is 22.9. The molecule has 0 radical (unpaired) electrons. The number of carboxylic acid groups (broad SMARTS) is 1. The number of carbonyl (C=O) groups is 12. The van der Waals surface area contributed by atoms with Crippen LogP contribution in [0.1, 0.15) is 119 Å². The minimum Gasteiger partial charge on any atom is -0.870 e. The predicted molar refractivity (Wildman–Crippen MR) is 310 cm³/mol. The molecule has 29 heteroatoms. The molecule has 1 aromatic rings. The van der Waals surface area contributed by atoms with E-state index < -0.39 is 40.6 Å². The Morgan fingerprint density at radius 3 is 1.23 bits per heavy atom. The van der Waals surface area contributed by atoms with E-state index in [4.69, 9.17) is 35.7 Å². The van der Waals surface area contributed by atoms with Gasteiger partial charge in [0.05, 0.1) is 39.5 Å². The van der Waals surface area contributed by atoms with Gasteiger partial charge in [0.1, 0.15) is 54.9 Å². The number of hydrogen-bond acceptors (Lipinski definition) is 18. The first-order valence-corrected chi connectivity index (χ1v) is 29.5. The molecule has 4 unspecified atom stereocenters. The number of hydrogen-bond donors (Lipinski definition) is 2. The number of β-lactam (4-membered cyclic amide) rings is 4. The molecular weight excluding hydrogens is 1260 g/mol. The zero-order valence-electron chi connectivity index (χ0n) is 52.8. The molecule has 492 valence electrons. The molecule has 4 spiro atoms. The van der Waals surface area contributed by atoms with Crippen LogP contribution in [0.3, 0.4) is 0 Å². The second kappa shape index (κ2) is 35.7. The maximum Gasteiger partial charge on any atom is 1.00 e. The topological polar surface area (TPSA) is 327 Å². The van der Waals surface area contributed by atoms with Crippen LogP contribution < -0.4 is 24.2 Å². The van der Waals surface area contributed by atoms with Gasteiger partial charge in [0, 0.05) is 64.4 Å². The number of amides is 7. The first-order valence-electron chi connectivity index (χ1n) is 29.1. The van der Waals surface area contributed by atoms with Crippen LogP contribution in [0, 0.1) is 25.2 Å². The fourth-order valence-corrected chi connectivity index (χ4v) is 11.7. The van der Waals surface area contributed by atoms with Crippen molar-refractivity contribution in [1.29, 1.82) is 0 Å². The Kier molecular flexibility index (Phi) is 32.5. The van der Waals surface area contributed by atoms with Crippen LogP contribution in [-0.2, 0) is 98.7 Å². The van der Waals surface area contributed by atoms with Crippen LogP contribution in [0.4, 0.5) is 4.79 Å². The Bertz CT molecular complexity index is 2620. The molecule has 3 N–H and O–H groups in total. The van der Waals surface area contributed by atoms with Crippen molar-refractivity contribution < 1.29 is 126 Å². The Balaban J connectivity index is 0.000000567. The fourth-order valence-electron chi connectivity index (χ4n) is 11.7. The number of aliphatic carboxylic acids is 1. The molecule has 8 aliphatic heterocycles. The average molecular weight is 1350 g/mol. The van der Waals surface area contributed by atoms with E-state index in [1.54, 1.807) is 49.3 Å². The summed E-state index contributed by atoms with van der Waals surface area (Å²) in [6.07, 6.45) is 5.81. The summed E-state index contributed by atoms with van der Waals surface area (Å²) in [5, 5.41) is 11.6. The van der Waals surface area contributed by atoms with Crippen LogP contribution in [-0.4, -0.2) is 236 Å². The van der Waals surface area contributed by atoms with E-state index in [1.165, 1.54) is 19.6 Å². The summed E-state index contributed by atoms with van der Waals surface area (Å²) < 4.78 is 19.9. The standard InChI is InChI=1S/C18H22N2O5.C14H22N2O4.C12H18N2O4.C10H16N2O3.C4H7ClO.CH3.Li.H2O.Pd/c1-2-24-15(21)11-19-13-18(16(19)22)9-6-10-20(18)17(23)25-12-14-7-4-3-5-8-14;1-4-20-11(17)8-15-9-14(13(15)19)6-5-7-16(14)12(18)10(2)3;1-8(2)10(17)14-5-3-4-12(14)7-13(11(12)18)6-9(15)16;1-2-15-8(13)6-12-7-10(9(12)14)4-3-5-11-10;1-3(2)4(5)6;;;;/h3-5,7-8H,2,6,9-13H2,1H3;10H,4-9H2,1-3H3;8H,3-7H2,1-2H3,(H,15,16);11H,2-7H2,1H3;3H,1-2H3;1H3;;1H2;/q;;;;;-1;+1;;/p-1. The third-order valence-electron chi connectivity index (χ3n) is 15.9. The van der Waals surface area contributed by atoms with Gasteiger partial charge in [-0.25, -0.2) is 4.79 Å². The molecule has 8 aliphatic rings. The van der Waals surface area contributed by atoms with Crippen molar-refractivity contribution >= 4 is 82.3 Å². The molecule has 26 nitrogen and oxygen atoms in total. The first-order chi connectivity index (χ1) is 39.7. The number of benzene rings is 1. The molecule has 0 aromatic heterocycles. The Morgan fingerprint density at radius 2 is 0.909 bits per heavy atom. The third-order valence-corrected chi connectivity index (χ3v) is 16.3. The SMILES string of the molecule is CC(C)C(=O)Cl.CC(C)C(=O)N1CCCC12CN(CC(=O)O)C2=O.CCOC(=O)CN1CC2(CCCN2)C1=O.CCOC(=O)CN1CC2(CCCN2C(=O)C(C)C)C1=O.CCOC(=O)CN1CC2(CCCN2C(=O)OCc2ccccc2)C1=O.[CH3-].[Li+].[OH-].[Pd]. The van der Waals surface area contributed by atoms with Gasteiger partial charge >= 0.3 is 48.8 Å². The van der Waals surface area contributed by atoms with E-state index in [0.717, 1.165) is 44.2 Å². The van der Waals surface area contributed by atoms with E-state index >= 15 is 0 Å². The molecule has 1 aromatic carbocycles. The summed E-state index contributed by atoms with van der Waals surface area (Å²) in [6, 6.07) is 9.41. The van der Waals surface area contributed by atoms with E-state index in [0.29, 0.717) is 78.3 Å². The summed E-state index contributed by atoms with van der Waals surface area (Å²) in [6.45, 7) is 21.3. The minimum atomic E-state index is -1.02. The zero-order valence-corrected chi connectivity index (χ0v) is 55.2. The van der Waals surface area contributed by atoms with Gasteiger partial charge in [-0.15, -0.1) is 0 Å². The van der Waals surface area contributed by atoms with Gasteiger partial charge in [0.15, 0.2) is 0 Å². The first kappa shape index (κ1) is 80.3. The van der Waals surface area contributed by atoms with Crippen molar-refractivity contribution in [3.05, 3.63) is 43.3 Å². The van der Waals surface area contributed by atoms with Gasteiger partial charge in [-0.1, -0.05) is 71.9 Å². The molecule has 9 rings (SSSR count). The van der Waals surface area contributed by atoms with Crippen LogP contribution in [0.5, 0.6) is 0 Å². The number of carbonyl (C=O) groups excluding carboxylic acids is 11. The molecule has 7 amide bonds. The maximum atomic E-state index is 12.6. The molecule has 0 bridgehead atoms. The van der Waals surface area contributed by atoms with Gasteiger partial charge < -0.3 is 71.7 Å². The average Bonchev–Trinajstić information content (AvgIpc) is 1.56. The Morgan fingerprint density at radius 1 is 0.545 bits per heavy atom. The van der Waals surface area contributed by atoms with Crippen molar-refractivity contribution in [2.45, 2.75) is 142 Å². The van der Waals surface area contributed by atoms with Gasteiger partial charge in [0.2, 0.25) is 23.0 Å². The molecule has 8 fully saturated rings. The number of ether oxygens (including phenoxy) is 4. The Labute approximate surface area is 547 Å². The number of esters is 3. The summed E-state index contributed by atoms with van der Waals surface area (Å²) >= 11 is 4.97.